The van der Waals surface area contributed by atoms with E-state index < -0.39 is 0 Å². The van der Waals surface area contributed by atoms with Crippen molar-refractivity contribution in [1.29, 1.82) is 0 Å². The summed E-state index contributed by atoms with van der Waals surface area (Å²) in [4.78, 5) is 0. The molecule has 0 aliphatic heterocycles. The third kappa shape index (κ3) is 16.0. The van der Waals surface area contributed by atoms with Gasteiger partial charge >= 0.3 is 51.4 Å². The van der Waals surface area contributed by atoms with Gasteiger partial charge in [-0.05, 0) is 49.9 Å². The van der Waals surface area contributed by atoms with Crippen LogP contribution in [0.2, 0.25) is 0 Å². The van der Waals surface area contributed by atoms with Crippen LogP contribution < -0.4 is 51.4 Å². The zero-order valence-corrected chi connectivity index (χ0v) is 26.5. The van der Waals surface area contributed by atoms with Gasteiger partial charge in [0.25, 0.3) is 0 Å². The summed E-state index contributed by atoms with van der Waals surface area (Å²) in [5.74, 6) is 0. The van der Waals surface area contributed by atoms with Gasteiger partial charge in [-0.15, -0.1) is 0 Å². The molecule has 0 aliphatic carbocycles. The first-order valence-electron chi connectivity index (χ1n) is 12.1. The molecule has 186 valence electrons. The molecule has 4 aromatic rings. The van der Waals surface area contributed by atoms with E-state index in [1.54, 1.807) is 0 Å². The van der Waals surface area contributed by atoms with Gasteiger partial charge in [-0.3, -0.25) is 0 Å². The predicted octanol–water partition coefficient (Wildman–Crippen LogP) is 8.00. The number of hydrogen-bond acceptors (Lipinski definition) is 0. The Morgan fingerprint density at radius 2 is 0.486 bits per heavy atom. The Morgan fingerprint density at radius 1 is 0.351 bits per heavy atom. The first-order chi connectivity index (χ1) is 17.2. The molecule has 0 fully saturated rings. The van der Waals surface area contributed by atoms with Gasteiger partial charge in [0, 0.05) is 0 Å². The average molecular weight is 513 g/mol. The van der Waals surface area contributed by atoms with E-state index >= 15 is 0 Å². The molecule has 4 rings (SSSR count). The maximum Gasteiger partial charge on any atom is 1.00 e. The normalized spacial score (nSPS) is 8.76. The topological polar surface area (TPSA) is 0 Å². The maximum atomic E-state index is 3.83. The zero-order chi connectivity index (χ0) is 26.8. The molecule has 0 amide bonds. The molecule has 0 bridgehead atoms. The van der Waals surface area contributed by atoms with Crippen LogP contribution in [0.15, 0.2) is 148 Å². The van der Waals surface area contributed by atoms with E-state index in [2.05, 4.69) is 74.8 Å². The Labute approximate surface area is 270 Å². The van der Waals surface area contributed by atoms with Crippen LogP contribution in [0.25, 0.3) is 22.3 Å². The van der Waals surface area contributed by atoms with Crippen molar-refractivity contribution in [2.24, 2.45) is 0 Å². The van der Waals surface area contributed by atoms with Gasteiger partial charge in [0.1, 0.15) is 0 Å². The molecule has 0 radical (unpaired) electrons. The van der Waals surface area contributed by atoms with Crippen molar-refractivity contribution in [2.45, 2.75) is 27.7 Å². The van der Waals surface area contributed by atoms with Crippen molar-refractivity contribution in [3.8, 4) is 0 Å². The molecule has 4 aromatic carbocycles. The standard InChI is InChI=1S/4C9H10.K.H/c4*1-8(2)9-6-4-3-5-7-9;;/h4*3-7H,1H2,2H3;;/q;;;;+1;-1. The minimum Gasteiger partial charge on any atom is -1.00 e. The largest absolute Gasteiger partial charge is 1.00 e. The van der Waals surface area contributed by atoms with Gasteiger partial charge in [0.05, 0.1) is 0 Å². The quantitative estimate of drug-likeness (QED) is 0.243. The summed E-state index contributed by atoms with van der Waals surface area (Å²) in [5, 5.41) is 0. The third-order valence-electron chi connectivity index (χ3n) is 5.07. The molecule has 0 saturated heterocycles. The van der Waals surface area contributed by atoms with Crippen LogP contribution in [0, 0.1) is 0 Å². The van der Waals surface area contributed by atoms with Crippen LogP contribution in [0.1, 0.15) is 51.4 Å². The molecule has 0 atom stereocenters. The predicted molar refractivity (Wildman–Crippen MR) is 166 cm³/mol. The zero-order valence-electron chi connectivity index (χ0n) is 24.4. The molecule has 0 aromatic heterocycles. The molecule has 0 N–H and O–H groups in total. The average Bonchev–Trinajstić information content (AvgIpc) is 2.92. The van der Waals surface area contributed by atoms with Crippen molar-refractivity contribution in [2.75, 3.05) is 0 Å². The van der Waals surface area contributed by atoms with E-state index in [1.807, 2.05) is 100 Å². The second-order valence-corrected chi connectivity index (χ2v) is 8.59. The molecule has 0 aliphatic rings. The minimum atomic E-state index is 0. The number of allylic oxidation sites excluding steroid dienone is 4. The molecule has 37 heavy (non-hydrogen) atoms. The van der Waals surface area contributed by atoms with E-state index in [9.17, 15) is 0 Å². The van der Waals surface area contributed by atoms with Crippen LogP contribution in [0.5, 0.6) is 0 Å². The van der Waals surface area contributed by atoms with Crippen LogP contribution in [0.3, 0.4) is 0 Å². The summed E-state index contributed by atoms with van der Waals surface area (Å²) >= 11 is 0. The summed E-state index contributed by atoms with van der Waals surface area (Å²) in [7, 11) is 0. The van der Waals surface area contributed by atoms with Gasteiger partial charge in [-0.25, -0.2) is 0 Å². The fourth-order valence-corrected chi connectivity index (χ4v) is 2.89. The van der Waals surface area contributed by atoms with E-state index in [-0.39, 0.29) is 52.8 Å². The minimum absolute atomic E-state index is 0. The number of hydrogen-bond donors (Lipinski definition) is 0. The first kappa shape index (κ1) is 34.5. The van der Waals surface area contributed by atoms with Crippen molar-refractivity contribution in [3.05, 3.63) is 170 Å². The van der Waals surface area contributed by atoms with Crippen LogP contribution in [-0.4, -0.2) is 0 Å². The van der Waals surface area contributed by atoms with E-state index in [0.29, 0.717) is 0 Å². The Balaban J connectivity index is 0. The third-order valence-corrected chi connectivity index (χ3v) is 5.07. The summed E-state index contributed by atoms with van der Waals surface area (Å²) in [6, 6.07) is 40.6. The second kappa shape index (κ2) is 20.5. The smallest absolute Gasteiger partial charge is 1.00 e. The fraction of sp³-hybridized carbons (Fsp3) is 0.111. The summed E-state index contributed by atoms with van der Waals surface area (Å²) < 4.78 is 0. The van der Waals surface area contributed by atoms with Crippen LogP contribution in [-0.2, 0) is 0 Å². The van der Waals surface area contributed by atoms with E-state index in [1.165, 1.54) is 22.3 Å². The molecule has 0 spiro atoms. The van der Waals surface area contributed by atoms with Crippen molar-refractivity contribution >= 4 is 22.3 Å². The van der Waals surface area contributed by atoms with Gasteiger partial charge in [-0.2, -0.15) is 0 Å². The molecule has 1 heteroatoms. The Kier molecular flexibility index (Phi) is 19.1. The van der Waals surface area contributed by atoms with Gasteiger partial charge in [0.2, 0.25) is 0 Å². The van der Waals surface area contributed by atoms with E-state index in [0.717, 1.165) is 22.3 Å². The monoisotopic (exact) mass is 512 g/mol. The van der Waals surface area contributed by atoms with Gasteiger partial charge in [0.15, 0.2) is 0 Å². The van der Waals surface area contributed by atoms with Crippen LogP contribution in [0.4, 0.5) is 0 Å². The maximum absolute atomic E-state index is 3.83. The Bertz CT molecular complexity index is 997. The molecule has 0 saturated carbocycles. The van der Waals surface area contributed by atoms with Gasteiger partial charge in [-0.1, -0.05) is 170 Å². The van der Waals surface area contributed by atoms with E-state index in [4.69, 9.17) is 0 Å². The molecule has 0 unspecified atom stereocenters. The fourth-order valence-electron chi connectivity index (χ4n) is 2.89. The molecular weight excluding hydrogens is 471 g/mol. The van der Waals surface area contributed by atoms with Crippen molar-refractivity contribution in [1.82, 2.24) is 0 Å². The summed E-state index contributed by atoms with van der Waals surface area (Å²) in [5.41, 5.74) is 9.36. The molecular formula is C36H41K. The van der Waals surface area contributed by atoms with Gasteiger partial charge < -0.3 is 1.43 Å². The number of rotatable bonds is 4. The SMILES string of the molecule is C=C(C)c1ccccc1.C=C(C)c1ccccc1.C=C(C)c1ccccc1.C=C(C)c1ccccc1.[H-].[K+]. The molecule has 0 nitrogen and oxygen atoms in total. The molecule has 0 heterocycles. The Morgan fingerprint density at radius 3 is 0.568 bits per heavy atom. The summed E-state index contributed by atoms with van der Waals surface area (Å²) in [6.07, 6.45) is 0. The van der Waals surface area contributed by atoms with Crippen molar-refractivity contribution in [3.63, 3.8) is 0 Å². The summed E-state index contributed by atoms with van der Waals surface area (Å²) in [6.45, 7) is 23.3. The van der Waals surface area contributed by atoms with Crippen molar-refractivity contribution < 1.29 is 52.8 Å². The Hall–Kier alpha value is -2.52. The van der Waals surface area contributed by atoms with Crippen LogP contribution >= 0.6 is 0 Å². The second-order valence-electron chi connectivity index (χ2n) is 8.59. The first-order valence-corrected chi connectivity index (χ1v) is 12.1. The number of benzene rings is 4.